The highest BCUT2D eigenvalue weighted by Gasteiger charge is 2.24. The van der Waals surface area contributed by atoms with Crippen LogP contribution in [0.2, 0.25) is 0 Å². The summed E-state index contributed by atoms with van der Waals surface area (Å²) in [6.07, 6.45) is 3.80. The number of aromatic amines is 1. The largest absolute Gasteiger partial charge is 0.369 e. The van der Waals surface area contributed by atoms with E-state index in [2.05, 4.69) is 32.5 Å². The quantitative estimate of drug-likeness (QED) is 0.555. The average molecular weight is 335 g/mol. The first kappa shape index (κ1) is 16.6. The van der Waals surface area contributed by atoms with Gasteiger partial charge in [0, 0.05) is 25.6 Å². The summed E-state index contributed by atoms with van der Waals surface area (Å²) in [5, 5.41) is 5.96. The van der Waals surface area contributed by atoms with E-state index in [1.807, 2.05) is 4.90 Å². The van der Waals surface area contributed by atoms with Crippen molar-refractivity contribution in [2.24, 2.45) is 0 Å². The van der Waals surface area contributed by atoms with Crippen LogP contribution in [-0.2, 0) is 4.79 Å². The van der Waals surface area contributed by atoms with Gasteiger partial charge >= 0.3 is 0 Å². The molecule has 0 radical (unpaired) electrons. The molecule has 1 amide bonds. The molecule has 24 heavy (non-hydrogen) atoms. The summed E-state index contributed by atoms with van der Waals surface area (Å²) in [5.74, 6) is 0.608. The number of rotatable bonds is 6. The first-order chi connectivity index (χ1) is 11.5. The van der Waals surface area contributed by atoms with Gasteiger partial charge in [-0.05, 0) is 32.9 Å². The number of amides is 1. The Morgan fingerprint density at radius 1 is 1.50 bits per heavy atom. The molecule has 1 saturated heterocycles. The van der Waals surface area contributed by atoms with Crippen molar-refractivity contribution in [1.82, 2.24) is 20.2 Å². The van der Waals surface area contributed by atoms with Crippen LogP contribution in [0.4, 0.5) is 17.5 Å². The number of nitrogens with zero attached hydrogens (tertiary/aromatic N) is 3. The van der Waals surface area contributed by atoms with Crippen LogP contribution in [-0.4, -0.2) is 60.2 Å². The van der Waals surface area contributed by atoms with Gasteiger partial charge in [0.15, 0.2) is 5.82 Å². The highest BCUT2D eigenvalue weighted by Crippen LogP contribution is 2.25. The third-order valence-electron chi connectivity index (χ3n) is 4.74. The number of likely N-dealkylation sites (tertiary alicyclic amines) is 1. The highest BCUT2D eigenvalue weighted by atomic mass is 16.1. The molecule has 2 aliphatic heterocycles. The Balaban J connectivity index is 1.44. The van der Waals surface area contributed by atoms with Crippen molar-refractivity contribution < 1.29 is 4.79 Å². The number of hydrogen-bond donors (Lipinski definition) is 4. The number of carbonyl (C=O) groups excluding carboxylic acids is 1. The standard InChI is InChI=1S/C15H25N7O2/c1-21-7-2-3-10(21)4-6-17-11(23)5-8-22-9-18-12-13(22)19-15(16)20-14(12)24/h10,18H,2-9H2,1H3,(H,17,23)(H3,16,19,20,24). The summed E-state index contributed by atoms with van der Waals surface area (Å²) >= 11 is 0. The number of aromatic nitrogens is 2. The van der Waals surface area contributed by atoms with Crippen LogP contribution in [0, 0.1) is 0 Å². The zero-order valence-electron chi connectivity index (χ0n) is 14.0. The molecule has 5 N–H and O–H groups in total. The molecule has 1 aromatic heterocycles. The summed E-state index contributed by atoms with van der Waals surface area (Å²) in [6, 6.07) is 0.582. The Bertz CT molecular complexity index is 660. The van der Waals surface area contributed by atoms with Gasteiger partial charge in [0.05, 0.1) is 6.67 Å². The first-order valence-electron chi connectivity index (χ1n) is 8.40. The van der Waals surface area contributed by atoms with Gasteiger partial charge in [0.2, 0.25) is 11.9 Å². The van der Waals surface area contributed by atoms with Crippen LogP contribution in [0.3, 0.4) is 0 Å². The number of carbonyl (C=O) groups is 1. The van der Waals surface area contributed by atoms with Crippen molar-refractivity contribution in [2.75, 3.05) is 49.3 Å². The van der Waals surface area contributed by atoms with Crippen molar-refractivity contribution in [2.45, 2.75) is 31.7 Å². The molecule has 3 heterocycles. The van der Waals surface area contributed by atoms with Crippen LogP contribution in [0.15, 0.2) is 4.79 Å². The minimum absolute atomic E-state index is 0.0157. The molecule has 2 aliphatic rings. The Hall–Kier alpha value is -2.29. The number of nitrogens with one attached hydrogen (secondary N) is 3. The van der Waals surface area contributed by atoms with E-state index in [1.54, 1.807) is 0 Å². The van der Waals surface area contributed by atoms with Gasteiger partial charge in [0.25, 0.3) is 5.56 Å². The fraction of sp³-hybridized carbons (Fsp3) is 0.667. The molecule has 9 heteroatoms. The van der Waals surface area contributed by atoms with Crippen LogP contribution in [0.5, 0.6) is 0 Å². The topological polar surface area (TPSA) is 119 Å². The molecule has 1 aromatic rings. The van der Waals surface area contributed by atoms with E-state index in [1.165, 1.54) is 12.8 Å². The number of nitrogen functional groups attached to an aromatic ring is 1. The lowest BCUT2D eigenvalue weighted by Crippen LogP contribution is -2.34. The zero-order valence-corrected chi connectivity index (χ0v) is 14.0. The van der Waals surface area contributed by atoms with Crippen LogP contribution >= 0.6 is 0 Å². The van der Waals surface area contributed by atoms with E-state index in [9.17, 15) is 9.59 Å². The second-order valence-corrected chi connectivity index (χ2v) is 6.41. The Labute approximate surface area is 140 Å². The maximum Gasteiger partial charge on any atom is 0.277 e. The number of fused-ring (bicyclic) bond motifs is 1. The second kappa shape index (κ2) is 7.08. The second-order valence-electron chi connectivity index (χ2n) is 6.41. The van der Waals surface area contributed by atoms with E-state index >= 15 is 0 Å². The van der Waals surface area contributed by atoms with Gasteiger partial charge in [-0.25, -0.2) is 0 Å². The summed E-state index contributed by atoms with van der Waals surface area (Å²) in [4.78, 5) is 34.6. The van der Waals surface area contributed by atoms with Crippen molar-refractivity contribution in [3.8, 4) is 0 Å². The van der Waals surface area contributed by atoms with Crippen molar-refractivity contribution in [3.05, 3.63) is 10.4 Å². The number of nitrogens with two attached hydrogens (primary N) is 1. The first-order valence-corrected chi connectivity index (χ1v) is 8.40. The lowest BCUT2D eigenvalue weighted by molar-refractivity contribution is -0.120. The summed E-state index contributed by atoms with van der Waals surface area (Å²) < 4.78 is 0. The van der Waals surface area contributed by atoms with E-state index < -0.39 is 0 Å². The van der Waals surface area contributed by atoms with Gasteiger partial charge in [-0.1, -0.05) is 0 Å². The molecule has 0 bridgehead atoms. The van der Waals surface area contributed by atoms with Crippen LogP contribution in [0.25, 0.3) is 0 Å². The number of anilines is 3. The monoisotopic (exact) mass is 335 g/mol. The molecule has 132 valence electrons. The summed E-state index contributed by atoms with van der Waals surface area (Å²) in [5.41, 5.74) is 5.71. The van der Waals surface area contributed by atoms with E-state index in [0.29, 0.717) is 43.7 Å². The molecule has 3 rings (SSSR count). The maximum atomic E-state index is 12.0. The summed E-state index contributed by atoms with van der Waals surface area (Å²) in [7, 11) is 2.14. The predicted molar refractivity (Wildman–Crippen MR) is 93.0 cm³/mol. The predicted octanol–water partition coefficient (Wildman–Crippen LogP) is -0.468. The smallest absolute Gasteiger partial charge is 0.277 e. The Kier molecular flexibility index (Phi) is 4.89. The van der Waals surface area contributed by atoms with Gasteiger partial charge in [-0.3, -0.25) is 14.6 Å². The molecular formula is C15H25N7O2. The molecule has 1 unspecified atom stereocenters. The highest BCUT2D eigenvalue weighted by molar-refractivity contribution is 5.77. The van der Waals surface area contributed by atoms with Crippen LogP contribution < -0.4 is 26.8 Å². The lowest BCUT2D eigenvalue weighted by Gasteiger charge is -2.20. The van der Waals surface area contributed by atoms with Gasteiger partial charge in [0.1, 0.15) is 5.69 Å². The van der Waals surface area contributed by atoms with E-state index in [4.69, 9.17) is 5.73 Å². The van der Waals surface area contributed by atoms with Crippen molar-refractivity contribution in [1.29, 1.82) is 0 Å². The maximum absolute atomic E-state index is 12.0. The summed E-state index contributed by atoms with van der Waals surface area (Å²) in [6.45, 7) is 2.79. The molecular weight excluding hydrogens is 310 g/mol. The fourth-order valence-corrected chi connectivity index (χ4v) is 3.35. The van der Waals surface area contributed by atoms with Crippen LogP contribution in [0.1, 0.15) is 25.7 Å². The van der Waals surface area contributed by atoms with Crippen molar-refractivity contribution >= 4 is 23.4 Å². The molecule has 9 nitrogen and oxygen atoms in total. The third kappa shape index (κ3) is 3.61. The van der Waals surface area contributed by atoms with E-state index in [0.717, 1.165) is 13.0 Å². The number of hydrogen-bond acceptors (Lipinski definition) is 7. The van der Waals surface area contributed by atoms with Gasteiger partial charge < -0.3 is 26.2 Å². The Morgan fingerprint density at radius 2 is 2.33 bits per heavy atom. The molecule has 1 atom stereocenters. The normalized spacial score (nSPS) is 20.0. The molecule has 0 aromatic carbocycles. The van der Waals surface area contributed by atoms with Gasteiger partial charge in [-0.2, -0.15) is 4.98 Å². The molecule has 0 spiro atoms. The Morgan fingerprint density at radius 3 is 3.08 bits per heavy atom. The third-order valence-corrected chi connectivity index (χ3v) is 4.74. The lowest BCUT2D eigenvalue weighted by atomic mass is 10.1. The average Bonchev–Trinajstić information content (AvgIpc) is 3.12. The fourth-order valence-electron chi connectivity index (χ4n) is 3.35. The molecule has 0 saturated carbocycles. The molecule has 1 fully saturated rings. The molecule has 0 aliphatic carbocycles. The SMILES string of the molecule is CN1CCCC1CCNC(=O)CCN1CNc2c1nc(N)[nH]c2=O. The zero-order chi connectivity index (χ0) is 17.1. The van der Waals surface area contributed by atoms with E-state index in [-0.39, 0.29) is 17.4 Å². The minimum Gasteiger partial charge on any atom is -0.369 e. The number of H-pyrrole nitrogens is 1. The minimum atomic E-state index is -0.287. The van der Waals surface area contributed by atoms with Crippen molar-refractivity contribution in [3.63, 3.8) is 0 Å². The van der Waals surface area contributed by atoms with Gasteiger partial charge in [-0.15, -0.1) is 0 Å².